The summed E-state index contributed by atoms with van der Waals surface area (Å²) in [6.45, 7) is 4.84. The van der Waals surface area contributed by atoms with Crippen LogP contribution < -0.4 is 15.5 Å². The topological polar surface area (TPSA) is 28.5 Å². The molecule has 0 radical (unpaired) electrons. The highest BCUT2D eigenvalue weighted by Crippen LogP contribution is 2.27. The highest BCUT2D eigenvalue weighted by Gasteiger charge is 2.19. The van der Waals surface area contributed by atoms with E-state index in [-0.39, 0.29) is 0 Å². The Bertz CT molecular complexity index is 645. The number of thiophene rings is 1. The maximum absolute atomic E-state index is 6.32. The molecule has 0 aliphatic rings. The van der Waals surface area contributed by atoms with Gasteiger partial charge in [0.2, 0.25) is 0 Å². The van der Waals surface area contributed by atoms with Crippen LogP contribution in [0.1, 0.15) is 22.0 Å². The number of halogens is 1. The summed E-state index contributed by atoms with van der Waals surface area (Å²) in [4.78, 5) is 2.72. The molecule has 2 rings (SSSR count). The van der Waals surface area contributed by atoms with Crippen LogP contribution in [-0.4, -0.2) is 25.8 Å². The van der Waals surface area contributed by atoms with Crippen molar-refractivity contribution in [1.82, 2.24) is 5.32 Å². The van der Waals surface area contributed by atoms with E-state index in [2.05, 4.69) is 48.3 Å². The van der Waals surface area contributed by atoms with E-state index < -0.39 is 0 Å². The standard InChI is InChI=1S/C17H22ClN3S2/c1-11-8-12(2)16(13(18)9-11)20-17(22)19-10-14(21(3)4)15-6-5-7-23-15/h5-9,14H,10H2,1-4H3,(H2,19,20,22)/p+1/t14-/m0/s1. The van der Waals surface area contributed by atoms with Gasteiger partial charge in [0.05, 0.1) is 36.2 Å². The van der Waals surface area contributed by atoms with E-state index in [0.717, 1.165) is 23.4 Å². The predicted molar refractivity (Wildman–Crippen MR) is 105 cm³/mol. The Hall–Kier alpha value is -1.14. The third-order valence-electron chi connectivity index (χ3n) is 3.72. The van der Waals surface area contributed by atoms with Gasteiger partial charge >= 0.3 is 0 Å². The van der Waals surface area contributed by atoms with Crippen LogP contribution in [0, 0.1) is 13.8 Å². The smallest absolute Gasteiger partial charge is 0.171 e. The van der Waals surface area contributed by atoms with E-state index in [1.165, 1.54) is 9.78 Å². The Labute approximate surface area is 152 Å². The first kappa shape index (κ1) is 18.2. The van der Waals surface area contributed by atoms with E-state index in [1.54, 1.807) is 11.3 Å². The van der Waals surface area contributed by atoms with Crippen LogP contribution in [0.2, 0.25) is 5.02 Å². The van der Waals surface area contributed by atoms with Crippen molar-refractivity contribution in [3.05, 3.63) is 50.7 Å². The summed E-state index contributed by atoms with van der Waals surface area (Å²) in [5.74, 6) is 0. The fourth-order valence-electron chi connectivity index (χ4n) is 2.51. The first-order valence-electron chi connectivity index (χ1n) is 7.53. The first-order valence-corrected chi connectivity index (χ1v) is 9.20. The molecule has 0 unspecified atom stereocenters. The van der Waals surface area contributed by atoms with Gasteiger partial charge in [-0.1, -0.05) is 23.7 Å². The Morgan fingerprint density at radius 2 is 2.09 bits per heavy atom. The summed E-state index contributed by atoms with van der Waals surface area (Å²) in [6, 6.07) is 8.65. The van der Waals surface area contributed by atoms with Gasteiger partial charge in [0.1, 0.15) is 6.04 Å². The minimum atomic E-state index is 0.365. The molecule has 124 valence electrons. The second-order valence-corrected chi connectivity index (χ2v) is 7.71. The molecule has 1 atom stereocenters. The molecule has 1 aromatic carbocycles. The highest BCUT2D eigenvalue weighted by atomic mass is 35.5. The molecule has 1 heterocycles. The van der Waals surface area contributed by atoms with Crippen LogP contribution in [0.4, 0.5) is 5.69 Å². The molecule has 0 amide bonds. The number of hydrogen-bond acceptors (Lipinski definition) is 2. The van der Waals surface area contributed by atoms with Crippen molar-refractivity contribution < 1.29 is 4.90 Å². The van der Waals surface area contributed by atoms with Crippen molar-refractivity contribution in [2.75, 3.05) is 26.0 Å². The SMILES string of the molecule is Cc1cc(C)c(NC(=S)NC[C@@H](c2cccs2)[NH+](C)C)c(Cl)c1. The molecule has 3 N–H and O–H groups in total. The molecule has 3 nitrogen and oxygen atoms in total. The monoisotopic (exact) mass is 368 g/mol. The molecule has 0 aliphatic heterocycles. The average molecular weight is 369 g/mol. The van der Waals surface area contributed by atoms with E-state index in [0.29, 0.717) is 16.2 Å². The summed E-state index contributed by atoms with van der Waals surface area (Å²) in [7, 11) is 4.31. The number of thiocarbonyl (C=S) groups is 1. The normalized spacial score (nSPS) is 12.3. The van der Waals surface area contributed by atoms with E-state index in [4.69, 9.17) is 23.8 Å². The third kappa shape index (κ3) is 4.91. The first-order chi connectivity index (χ1) is 10.9. The van der Waals surface area contributed by atoms with Crippen LogP contribution in [0.15, 0.2) is 29.6 Å². The van der Waals surface area contributed by atoms with E-state index >= 15 is 0 Å². The lowest BCUT2D eigenvalue weighted by Crippen LogP contribution is -3.06. The zero-order chi connectivity index (χ0) is 17.0. The van der Waals surface area contributed by atoms with Crippen molar-refractivity contribution in [2.24, 2.45) is 0 Å². The van der Waals surface area contributed by atoms with Gasteiger partial charge in [-0.2, -0.15) is 0 Å². The molecule has 0 aliphatic carbocycles. The number of rotatable bonds is 5. The largest absolute Gasteiger partial charge is 0.356 e. The molecule has 23 heavy (non-hydrogen) atoms. The number of likely N-dealkylation sites (N-methyl/N-ethyl adjacent to an activating group) is 1. The predicted octanol–water partition coefficient (Wildman–Crippen LogP) is 3.19. The van der Waals surface area contributed by atoms with Crippen LogP contribution in [-0.2, 0) is 0 Å². The molecular formula is C17H23ClN3S2+. The van der Waals surface area contributed by atoms with Crippen LogP contribution in [0.3, 0.4) is 0 Å². The summed E-state index contributed by atoms with van der Waals surface area (Å²) in [5.41, 5.74) is 3.11. The zero-order valence-electron chi connectivity index (χ0n) is 13.9. The maximum atomic E-state index is 6.32. The van der Waals surface area contributed by atoms with Gasteiger partial charge in [0, 0.05) is 0 Å². The molecule has 0 saturated carbocycles. The summed E-state index contributed by atoms with van der Waals surface area (Å²) < 4.78 is 0. The lowest BCUT2D eigenvalue weighted by molar-refractivity contribution is -0.890. The third-order valence-corrected chi connectivity index (χ3v) is 5.25. The second kappa shape index (κ2) is 8.11. The fraction of sp³-hybridized carbons (Fsp3) is 0.353. The summed E-state index contributed by atoms with van der Waals surface area (Å²) >= 11 is 13.5. The molecule has 0 saturated heterocycles. The maximum Gasteiger partial charge on any atom is 0.171 e. The molecule has 6 heteroatoms. The molecule has 2 aromatic rings. The Morgan fingerprint density at radius 1 is 1.35 bits per heavy atom. The van der Waals surface area contributed by atoms with Gasteiger partial charge in [0.15, 0.2) is 5.11 Å². The number of hydrogen-bond donors (Lipinski definition) is 3. The minimum absolute atomic E-state index is 0.365. The number of benzene rings is 1. The number of nitrogens with one attached hydrogen (secondary N) is 3. The summed E-state index contributed by atoms with van der Waals surface area (Å²) in [5, 5.41) is 9.95. The lowest BCUT2D eigenvalue weighted by Gasteiger charge is -2.22. The van der Waals surface area contributed by atoms with Crippen LogP contribution >= 0.6 is 35.2 Å². The molecule has 1 aromatic heterocycles. The van der Waals surface area contributed by atoms with E-state index in [9.17, 15) is 0 Å². The van der Waals surface area contributed by atoms with Gasteiger partial charge < -0.3 is 15.5 Å². The van der Waals surface area contributed by atoms with Crippen molar-refractivity contribution in [3.63, 3.8) is 0 Å². The van der Waals surface area contributed by atoms with Crippen LogP contribution in [0.5, 0.6) is 0 Å². The van der Waals surface area contributed by atoms with Crippen molar-refractivity contribution in [1.29, 1.82) is 0 Å². The Kier molecular flexibility index (Phi) is 6.41. The van der Waals surface area contributed by atoms with E-state index in [1.807, 2.05) is 19.9 Å². The van der Waals surface area contributed by atoms with Gasteiger partial charge in [-0.05, 0) is 54.7 Å². The molecule has 0 bridgehead atoms. The zero-order valence-corrected chi connectivity index (χ0v) is 16.3. The van der Waals surface area contributed by atoms with Gasteiger partial charge in [-0.3, -0.25) is 0 Å². The summed E-state index contributed by atoms with van der Waals surface area (Å²) in [6.07, 6.45) is 0. The van der Waals surface area contributed by atoms with Crippen molar-refractivity contribution >= 4 is 46.0 Å². The fourth-order valence-corrected chi connectivity index (χ4v) is 4.01. The Morgan fingerprint density at radius 3 is 2.65 bits per heavy atom. The number of anilines is 1. The second-order valence-electron chi connectivity index (χ2n) is 5.92. The van der Waals surface area contributed by atoms with Gasteiger partial charge in [-0.25, -0.2) is 0 Å². The molecule has 0 fully saturated rings. The number of aryl methyl sites for hydroxylation is 2. The van der Waals surface area contributed by atoms with Gasteiger partial charge in [-0.15, -0.1) is 11.3 Å². The van der Waals surface area contributed by atoms with Crippen molar-refractivity contribution in [3.8, 4) is 0 Å². The highest BCUT2D eigenvalue weighted by molar-refractivity contribution is 7.80. The average Bonchev–Trinajstić information content (AvgIpc) is 2.96. The van der Waals surface area contributed by atoms with Gasteiger partial charge in [0.25, 0.3) is 0 Å². The number of quaternary nitrogens is 1. The quantitative estimate of drug-likeness (QED) is 0.708. The molecular weight excluding hydrogens is 346 g/mol. The minimum Gasteiger partial charge on any atom is -0.356 e. The Balaban J connectivity index is 2.00. The van der Waals surface area contributed by atoms with Crippen LogP contribution in [0.25, 0.3) is 0 Å². The lowest BCUT2D eigenvalue weighted by atomic mass is 10.1. The molecule has 0 spiro atoms. The van der Waals surface area contributed by atoms with Crippen molar-refractivity contribution in [2.45, 2.75) is 19.9 Å².